The van der Waals surface area contributed by atoms with Gasteiger partial charge in [0.25, 0.3) is 0 Å². The number of piperidine rings is 1. The van der Waals surface area contributed by atoms with Gasteiger partial charge in [0.1, 0.15) is 0 Å². The zero-order valence-corrected chi connectivity index (χ0v) is 14.7. The van der Waals surface area contributed by atoms with Crippen LogP contribution in [-0.4, -0.2) is 49.2 Å². The molecule has 3 rings (SSSR count). The van der Waals surface area contributed by atoms with Crippen molar-refractivity contribution >= 4 is 0 Å². The Hall–Kier alpha value is -1.69. The van der Waals surface area contributed by atoms with Crippen LogP contribution in [0.4, 0.5) is 0 Å². The maximum Gasteiger partial charge on any atom is 0.0859 e. The van der Waals surface area contributed by atoms with Crippen molar-refractivity contribution in [3.8, 4) is 0 Å². The average Bonchev–Trinajstić information content (AvgIpc) is 3.16. The number of nitrogens with one attached hydrogen (secondary N) is 1. The van der Waals surface area contributed by atoms with Crippen molar-refractivity contribution in [3.05, 3.63) is 29.3 Å². The highest BCUT2D eigenvalue weighted by Gasteiger charge is 2.24. The lowest BCUT2D eigenvalue weighted by Gasteiger charge is -2.33. The summed E-state index contributed by atoms with van der Waals surface area (Å²) in [7, 11) is 0. The molecule has 0 amide bonds. The summed E-state index contributed by atoms with van der Waals surface area (Å²) in [5, 5.41) is 16.1. The van der Waals surface area contributed by atoms with E-state index in [0.717, 1.165) is 36.6 Å². The van der Waals surface area contributed by atoms with Gasteiger partial charge in [-0.1, -0.05) is 5.21 Å². The zero-order valence-electron chi connectivity index (χ0n) is 14.7. The summed E-state index contributed by atoms with van der Waals surface area (Å²) in [6.45, 7) is 11.1. The highest BCUT2D eigenvalue weighted by molar-refractivity contribution is 5.09. The quantitative estimate of drug-likeness (QED) is 0.921. The maximum absolute atomic E-state index is 4.44. The van der Waals surface area contributed by atoms with E-state index in [1.54, 1.807) is 0 Å². The van der Waals surface area contributed by atoms with Crippen LogP contribution >= 0.6 is 0 Å². The van der Waals surface area contributed by atoms with Gasteiger partial charge >= 0.3 is 0 Å². The molecule has 1 N–H and O–H groups in total. The van der Waals surface area contributed by atoms with Gasteiger partial charge < -0.3 is 4.90 Å². The summed E-state index contributed by atoms with van der Waals surface area (Å²) in [6, 6.07) is 3.01. The number of rotatable bonds is 5. The molecule has 1 saturated heterocycles. The van der Waals surface area contributed by atoms with Crippen LogP contribution in [0.3, 0.4) is 0 Å². The van der Waals surface area contributed by atoms with Gasteiger partial charge in [-0.2, -0.15) is 5.10 Å². The average molecular weight is 316 g/mol. The highest BCUT2D eigenvalue weighted by Crippen LogP contribution is 2.27. The Kier molecular flexibility index (Phi) is 4.80. The van der Waals surface area contributed by atoms with Crippen LogP contribution in [0.5, 0.6) is 0 Å². The third-order valence-electron chi connectivity index (χ3n) is 4.92. The molecule has 6 heteroatoms. The van der Waals surface area contributed by atoms with Crippen molar-refractivity contribution in [2.24, 2.45) is 0 Å². The zero-order chi connectivity index (χ0) is 16.4. The number of likely N-dealkylation sites (tertiary alicyclic amines) is 1. The van der Waals surface area contributed by atoms with Gasteiger partial charge in [-0.25, -0.2) is 4.68 Å². The van der Waals surface area contributed by atoms with E-state index >= 15 is 0 Å². The second kappa shape index (κ2) is 6.83. The second-order valence-corrected chi connectivity index (χ2v) is 7.12. The highest BCUT2D eigenvalue weighted by atomic mass is 15.4. The van der Waals surface area contributed by atoms with Crippen LogP contribution in [0.1, 0.15) is 62.7 Å². The van der Waals surface area contributed by atoms with Crippen LogP contribution in [0, 0.1) is 6.92 Å². The lowest BCUT2D eigenvalue weighted by atomic mass is 9.93. The van der Waals surface area contributed by atoms with E-state index < -0.39 is 0 Å². The summed E-state index contributed by atoms with van der Waals surface area (Å²) in [6.07, 6.45) is 5.38. The van der Waals surface area contributed by atoms with E-state index in [2.05, 4.69) is 58.4 Å². The first-order valence-electron chi connectivity index (χ1n) is 8.69. The van der Waals surface area contributed by atoms with Gasteiger partial charge in [-0.3, -0.25) is 5.10 Å². The van der Waals surface area contributed by atoms with Crippen molar-refractivity contribution in [1.29, 1.82) is 0 Å². The van der Waals surface area contributed by atoms with Crippen LogP contribution in [0.15, 0.2) is 12.3 Å². The number of aromatic amines is 1. The van der Waals surface area contributed by atoms with Crippen LogP contribution < -0.4 is 0 Å². The molecule has 0 saturated carbocycles. The van der Waals surface area contributed by atoms with Crippen molar-refractivity contribution in [2.45, 2.75) is 65.0 Å². The number of aryl methyl sites for hydroxylation is 1. The fraction of sp³-hybridized carbons (Fsp3) is 0.706. The number of hydrogen-bond acceptors (Lipinski definition) is 4. The summed E-state index contributed by atoms with van der Waals surface area (Å²) in [4.78, 5) is 2.55. The fourth-order valence-corrected chi connectivity index (χ4v) is 3.38. The van der Waals surface area contributed by atoms with Gasteiger partial charge in [0.2, 0.25) is 0 Å². The van der Waals surface area contributed by atoms with E-state index in [0.29, 0.717) is 12.0 Å². The third kappa shape index (κ3) is 3.80. The Morgan fingerprint density at radius 1 is 1.26 bits per heavy atom. The normalized spacial score (nSPS) is 18.7. The smallest absolute Gasteiger partial charge is 0.0859 e. The van der Waals surface area contributed by atoms with Gasteiger partial charge in [0.05, 0.1) is 17.4 Å². The van der Waals surface area contributed by atoms with Crippen LogP contribution in [-0.2, 0) is 6.42 Å². The molecule has 1 aliphatic rings. The summed E-state index contributed by atoms with van der Waals surface area (Å²) in [5.74, 6) is 0.554. The van der Waals surface area contributed by atoms with Gasteiger partial charge in [-0.15, -0.1) is 5.10 Å². The standard InChI is InChI=1S/C17H28N6/c1-12(2)22-7-5-15(6-8-22)17-11-23(21-20-17)14(4)10-16-9-13(3)18-19-16/h9,11-12,14-15H,5-8,10H2,1-4H3,(H,18,19). The molecule has 1 aliphatic heterocycles. The first-order chi connectivity index (χ1) is 11.0. The Morgan fingerprint density at radius 3 is 2.61 bits per heavy atom. The van der Waals surface area contributed by atoms with Gasteiger partial charge in [0, 0.05) is 30.3 Å². The van der Waals surface area contributed by atoms with Gasteiger partial charge in [0.15, 0.2) is 0 Å². The topological polar surface area (TPSA) is 62.6 Å². The monoisotopic (exact) mass is 316 g/mol. The maximum atomic E-state index is 4.44. The molecule has 2 aromatic rings. The minimum atomic E-state index is 0.273. The molecule has 0 radical (unpaired) electrons. The lowest BCUT2D eigenvalue weighted by Crippen LogP contribution is -2.37. The predicted octanol–water partition coefficient (Wildman–Crippen LogP) is 2.70. The van der Waals surface area contributed by atoms with Crippen LogP contribution in [0.25, 0.3) is 0 Å². The van der Waals surface area contributed by atoms with Gasteiger partial charge in [-0.05, 0) is 59.7 Å². The Labute approximate surface area is 138 Å². The molecule has 3 heterocycles. The number of hydrogen-bond donors (Lipinski definition) is 1. The first kappa shape index (κ1) is 16.2. The van der Waals surface area contributed by atoms with Crippen molar-refractivity contribution < 1.29 is 0 Å². The molecule has 0 spiro atoms. The number of H-pyrrole nitrogens is 1. The molecule has 6 nitrogen and oxygen atoms in total. The van der Waals surface area contributed by atoms with E-state index in [1.165, 1.54) is 12.8 Å². The minimum Gasteiger partial charge on any atom is -0.301 e. The third-order valence-corrected chi connectivity index (χ3v) is 4.92. The second-order valence-electron chi connectivity index (χ2n) is 7.12. The summed E-state index contributed by atoms with van der Waals surface area (Å²) < 4.78 is 1.99. The fourth-order valence-electron chi connectivity index (χ4n) is 3.38. The first-order valence-corrected chi connectivity index (χ1v) is 8.69. The van der Waals surface area contributed by atoms with E-state index in [1.807, 2.05) is 11.6 Å². The van der Waals surface area contributed by atoms with E-state index in [9.17, 15) is 0 Å². The predicted molar refractivity (Wildman–Crippen MR) is 90.4 cm³/mol. The number of nitrogens with zero attached hydrogens (tertiary/aromatic N) is 5. The molecule has 0 bridgehead atoms. The van der Waals surface area contributed by atoms with E-state index in [-0.39, 0.29) is 6.04 Å². The Balaban J connectivity index is 1.59. The van der Waals surface area contributed by atoms with Crippen molar-refractivity contribution in [1.82, 2.24) is 30.1 Å². The molecular weight excluding hydrogens is 288 g/mol. The lowest BCUT2D eigenvalue weighted by molar-refractivity contribution is 0.171. The molecule has 2 aromatic heterocycles. The number of aromatic nitrogens is 5. The molecular formula is C17H28N6. The summed E-state index contributed by atoms with van der Waals surface area (Å²) >= 11 is 0. The molecule has 1 unspecified atom stereocenters. The van der Waals surface area contributed by atoms with Crippen LogP contribution in [0.2, 0.25) is 0 Å². The Morgan fingerprint density at radius 2 is 2.00 bits per heavy atom. The molecule has 0 aromatic carbocycles. The van der Waals surface area contributed by atoms with E-state index in [4.69, 9.17) is 0 Å². The Bertz CT molecular complexity index is 621. The minimum absolute atomic E-state index is 0.273. The molecule has 1 fully saturated rings. The largest absolute Gasteiger partial charge is 0.301 e. The molecule has 0 aliphatic carbocycles. The van der Waals surface area contributed by atoms with Crippen molar-refractivity contribution in [2.75, 3.05) is 13.1 Å². The van der Waals surface area contributed by atoms with Crippen molar-refractivity contribution in [3.63, 3.8) is 0 Å². The summed E-state index contributed by atoms with van der Waals surface area (Å²) in [5.41, 5.74) is 3.33. The molecule has 1 atom stereocenters. The molecule has 126 valence electrons. The molecule has 23 heavy (non-hydrogen) atoms. The SMILES string of the molecule is Cc1cc(CC(C)n2cc(C3CCN(C(C)C)CC3)nn2)n[nH]1.